The fourth-order valence-corrected chi connectivity index (χ4v) is 4.07. The van der Waals surface area contributed by atoms with Crippen LogP contribution >= 0.6 is 0 Å². The monoisotopic (exact) mass is 419 g/mol. The lowest BCUT2D eigenvalue weighted by Gasteiger charge is -2.12. The summed E-state index contributed by atoms with van der Waals surface area (Å²) in [4.78, 5) is 26.8. The third-order valence-electron chi connectivity index (χ3n) is 5.35. The van der Waals surface area contributed by atoms with Crippen molar-refractivity contribution in [1.82, 2.24) is 9.55 Å². The number of carbonyl (C=O) groups excluding carboxylic acids is 1. The molecule has 0 atom stereocenters. The molecule has 0 radical (unpaired) electrons. The first kappa shape index (κ1) is 20.2. The van der Waals surface area contributed by atoms with Crippen LogP contribution in [0, 0.1) is 6.92 Å². The molecule has 4 rings (SSSR count). The van der Waals surface area contributed by atoms with Crippen molar-refractivity contribution in [2.45, 2.75) is 19.9 Å². The van der Waals surface area contributed by atoms with Gasteiger partial charge in [0, 0.05) is 11.9 Å². The lowest BCUT2D eigenvalue weighted by Crippen LogP contribution is -2.06. The summed E-state index contributed by atoms with van der Waals surface area (Å²) < 4.78 is 7.32. The van der Waals surface area contributed by atoms with Crippen molar-refractivity contribution in [3.8, 4) is 11.5 Å². The van der Waals surface area contributed by atoms with E-state index < -0.39 is 5.97 Å². The average molecular weight is 419 g/mol. The van der Waals surface area contributed by atoms with Gasteiger partial charge in [-0.1, -0.05) is 18.2 Å². The number of carboxylic acid groups (broad SMARTS) is 1. The molecule has 0 aliphatic heterocycles. The highest BCUT2D eigenvalue weighted by Crippen LogP contribution is 2.40. The Bertz CT molecular complexity index is 1330. The number of hydrogen-bond donors (Lipinski definition) is 3. The van der Waals surface area contributed by atoms with Gasteiger partial charge in [0.05, 0.1) is 48.0 Å². The van der Waals surface area contributed by atoms with E-state index in [4.69, 9.17) is 4.74 Å². The molecule has 158 valence electrons. The fourth-order valence-electron chi connectivity index (χ4n) is 4.07. The Kier molecular flexibility index (Phi) is 5.21. The minimum atomic E-state index is -1.02. The predicted molar refractivity (Wildman–Crippen MR) is 117 cm³/mol. The Morgan fingerprint density at radius 1 is 1.19 bits per heavy atom. The van der Waals surface area contributed by atoms with Crippen molar-refractivity contribution in [2.24, 2.45) is 0 Å². The number of nitrogens with one attached hydrogen (secondary N) is 1. The topological polar surface area (TPSA) is 114 Å². The Morgan fingerprint density at radius 3 is 2.68 bits per heavy atom. The first-order valence-electron chi connectivity index (χ1n) is 9.60. The van der Waals surface area contributed by atoms with Crippen LogP contribution in [0.15, 0.2) is 42.7 Å². The smallest absolute Gasteiger partial charge is 0.307 e. The normalized spacial score (nSPS) is 11.0. The third kappa shape index (κ3) is 3.52. The van der Waals surface area contributed by atoms with Crippen LogP contribution in [0.1, 0.15) is 16.7 Å². The van der Waals surface area contributed by atoms with Gasteiger partial charge in [-0.25, -0.2) is 0 Å². The standard InChI is InChI=1S/C23H21N3O5/c1-13-7-14(3-6-19(13)31-2)11-26-16-5-4-15(8-20(29)30)23(25-12-27)22(16)21-17(26)9-24-10-18(21)28/h3-7,9-10,12,28H,8,11H2,1-2H3,(H,25,27)(H,29,30). The van der Waals surface area contributed by atoms with Crippen molar-refractivity contribution < 1.29 is 24.5 Å². The number of carbonyl (C=O) groups is 2. The van der Waals surface area contributed by atoms with Crippen LogP contribution in [-0.2, 0) is 22.6 Å². The van der Waals surface area contributed by atoms with Gasteiger partial charge in [-0.15, -0.1) is 0 Å². The fraction of sp³-hybridized carbons (Fsp3) is 0.174. The van der Waals surface area contributed by atoms with Gasteiger partial charge in [0.15, 0.2) is 0 Å². The number of aromatic hydroxyl groups is 1. The summed E-state index contributed by atoms with van der Waals surface area (Å²) in [5.74, 6) is -0.272. The number of amides is 1. The first-order valence-corrected chi connectivity index (χ1v) is 9.60. The van der Waals surface area contributed by atoms with E-state index in [1.165, 1.54) is 6.20 Å². The number of hydrogen-bond acceptors (Lipinski definition) is 5. The second-order valence-electron chi connectivity index (χ2n) is 7.27. The molecule has 0 unspecified atom stereocenters. The van der Waals surface area contributed by atoms with E-state index in [1.54, 1.807) is 25.4 Å². The van der Waals surface area contributed by atoms with Gasteiger partial charge in [0.1, 0.15) is 11.5 Å². The summed E-state index contributed by atoms with van der Waals surface area (Å²) in [5.41, 5.74) is 4.23. The number of aliphatic carboxylic acids is 1. The molecule has 8 nitrogen and oxygen atoms in total. The van der Waals surface area contributed by atoms with Crippen molar-refractivity contribution in [2.75, 3.05) is 12.4 Å². The molecular formula is C23H21N3O5. The minimum Gasteiger partial charge on any atom is -0.506 e. The maximum atomic E-state index is 11.3. The lowest BCUT2D eigenvalue weighted by molar-refractivity contribution is -0.136. The molecule has 31 heavy (non-hydrogen) atoms. The molecule has 0 saturated heterocycles. The minimum absolute atomic E-state index is 0.0476. The van der Waals surface area contributed by atoms with Crippen LogP contribution in [0.3, 0.4) is 0 Å². The SMILES string of the molecule is COc1ccc(Cn2c3cncc(O)c3c3c(NC=O)c(CC(=O)O)ccc32)cc1C. The summed E-state index contributed by atoms with van der Waals surface area (Å²) in [6, 6.07) is 9.37. The number of ether oxygens (including phenoxy) is 1. The number of carboxylic acids is 1. The predicted octanol–water partition coefficient (Wildman–Crippen LogP) is 3.46. The van der Waals surface area contributed by atoms with Crippen molar-refractivity contribution in [1.29, 1.82) is 0 Å². The maximum absolute atomic E-state index is 11.3. The molecule has 2 heterocycles. The quantitative estimate of drug-likeness (QED) is 0.395. The van der Waals surface area contributed by atoms with E-state index in [-0.39, 0.29) is 12.2 Å². The van der Waals surface area contributed by atoms with Crippen molar-refractivity contribution in [3.05, 3.63) is 59.4 Å². The molecular weight excluding hydrogens is 398 g/mol. The Morgan fingerprint density at radius 2 is 2.00 bits per heavy atom. The van der Waals surface area contributed by atoms with Gasteiger partial charge in [0.25, 0.3) is 0 Å². The second-order valence-corrected chi connectivity index (χ2v) is 7.27. The molecule has 0 fully saturated rings. The van der Waals surface area contributed by atoms with Crippen molar-refractivity contribution >= 4 is 39.9 Å². The lowest BCUT2D eigenvalue weighted by atomic mass is 10.0. The van der Waals surface area contributed by atoms with E-state index in [2.05, 4.69) is 10.3 Å². The number of pyridine rings is 1. The van der Waals surface area contributed by atoms with Gasteiger partial charge in [-0.05, 0) is 35.7 Å². The highest BCUT2D eigenvalue weighted by Gasteiger charge is 2.20. The number of anilines is 1. The van der Waals surface area contributed by atoms with Crippen LogP contribution in [0.5, 0.6) is 11.5 Å². The molecule has 2 aromatic heterocycles. The second kappa shape index (κ2) is 7.98. The summed E-state index contributed by atoms with van der Waals surface area (Å²) in [7, 11) is 1.62. The van der Waals surface area contributed by atoms with E-state index >= 15 is 0 Å². The van der Waals surface area contributed by atoms with E-state index in [1.807, 2.05) is 29.7 Å². The summed E-state index contributed by atoms with van der Waals surface area (Å²) in [5, 5.41) is 23.6. The van der Waals surface area contributed by atoms with Gasteiger partial charge in [0.2, 0.25) is 6.41 Å². The molecule has 2 aromatic carbocycles. The zero-order valence-corrected chi connectivity index (χ0v) is 17.0. The zero-order valence-electron chi connectivity index (χ0n) is 17.0. The third-order valence-corrected chi connectivity index (χ3v) is 5.35. The highest BCUT2D eigenvalue weighted by molar-refractivity contribution is 6.18. The molecule has 0 aliphatic carbocycles. The summed E-state index contributed by atoms with van der Waals surface area (Å²) >= 11 is 0. The Balaban J connectivity index is 2.00. The van der Waals surface area contributed by atoms with Crippen LogP contribution in [0.25, 0.3) is 21.8 Å². The van der Waals surface area contributed by atoms with E-state index in [0.29, 0.717) is 40.5 Å². The summed E-state index contributed by atoms with van der Waals surface area (Å²) in [6.07, 6.45) is 3.22. The number of aryl methyl sites for hydroxylation is 1. The number of methoxy groups -OCH3 is 1. The van der Waals surface area contributed by atoms with Gasteiger partial charge >= 0.3 is 5.97 Å². The molecule has 0 saturated carbocycles. The number of aromatic nitrogens is 2. The summed E-state index contributed by atoms with van der Waals surface area (Å²) in [6.45, 7) is 2.45. The number of benzene rings is 2. The highest BCUT2D eigenvalue weighted by atomic mass is 16.5. The first-order chi connectivity index (χ1) is 14.9. The van der Waals surface area contributed by atoms with Crippen molar-refractivity contribution in [3.63, 3.8) is 0 Å². The molecule has 8 heteroatoms. The molecule has 0 bridgehead atoms. The number of rotatable bonds is 7. The van der Waals surface area contributed by atoms with Crippen LogP contribution in [-0.4, -0.2) is 39.3 Å². The largest absolute Gasteiger partial charge is 0.506 e. The average Bonchev–Trinajstić information content (AvgIpc) is 3.05. The van der Waals surface area contributed by atoms with Gasteiger partial charge < -0.3 is 24.8 Å². The molecule has 4 aromatic rings. The number of fused-ring (bicyclic) bond motifs is 3. The van der Waals surface area contributed by atoms with E-state index in [0.717, 1.165) is 22.4 Å². The molecule has 3 N–H and O–H groups in total. The van der Waals surface area contributed by atoms with Crippen LogP contribution in [0.2, 0.25) is 0 Å². The van der Waals surface area contributed by atoms with E-state index in [9.17, 15) is 19.8 Å². The Labute approximate surface area is 177 Å². The molecule has 0 aliphatic rings. The maximum Gasteiger partial charge on any atom is 0.307 e. The zero-order chi connectivity index (χ0) is 22.1. The van der Waals surface area contributed by atoms with Gasteiger partial charge in [-0.3, -0.25) is 14.6 Å². The Hall–Kier alpha value is -4.07. The van der Waals surface area contributed by atoms with Crippen LogP contribution < -0.4 is 10.1 Å². The molecule has 1 amide bonds. The molecule has 0 spiro atoms. The van der Waals surface area contributed by atoms with Gasteiger partial charge in [-0.2, -0.15) is 0 Å². The number of nitrogens with zero attached hydrogens (tertiary/aromatic N) is 2. The van der Waals surface area contributed by atoms with Crippen LogP contribution in [0.4, 0.5) is 5.69 Å².